The van der Waals surface area contributed by atoms with Crippen molar-refractivity contribution in [3.8, 4) is 0 Å². The fourth-order valence-corrected chi connectivity index (χ4v) is 2.60. The molecular weight excluding hydrogens is 294 g/mol. The molecule has 1 aromatic heterocycles. The summed E-state index contributed by atoms with van der Waals surface area (Å²) in [4.78, 5) is 32.4. The number of aromatic nitrogens is 1. The van der Waals surface area contributed by atoms with E-state index in [4.69, 9.17) is 4.74 Å². The normalized spacial score (nSPS) is 18.7. The van der Waals surface area contributed by atoms with Crippen molar-refractivity contribution in [2.45, 2.75) is 46.3 Å². The van der Waals surface area contributed by atoms with Crippen molar-refractivity contribution >= 4 is 12.0 Å². The smallest absolute Gasteiger partial charge is 0.410 e. The van der Waals surface area contributed by atoms with Crippen LogP contribution in [0.3, 0.4) is 0 Å². The van der Waals surface area contributed by atoms with Gasteiger partial charge in [-0.1, -0.05) is 0 Å². The van der Waals surface area contributed by atoms with Gasteiger partial charge in [-0.3, -0.25) is 9.78 Å². The molecule has 126 valence electrons. The molecule has 0 bridgehead atoms. The average Bonchev–Trinajstić information content (AvgIpc) is 2.44. The molecule has 2 heterocycles. The molecule has 1 aromatic rings. The van der Waals surface area contributed by atoms with Crippen LogP contribution in [0.2, 0.25) is 0 Å². The highest BCUT2D eigenvalue weighted by Crippen LogP contribution is 2.17. The lowest BCUT2D eigenvalue weighted by molar-refractivity contribution is 0.00198. The molecule has 1 aliphatic rings. The summed E-state index contributed by atoms with van der Waals surface area (Å²) in [6.45, 7) is 10.8. The van der Waals surface area contributed by atoms with Crippen molar-refractivity contribution < 1.29 is 14.3 Å². The number of pyridine rings is 1. The fraction of sp³-hybridized carbons (Fsp3) is 0.588. The SMILES string of the molecule is Cc1cc(C(=O)N2CCN(C(=O)OC(C)(C)C)[C@@H](C)C2)ccn1. The molecule has 1 aliphatic heterocycles. The molecule has 1 saturated heterocycles. The van der Waals surface area contributed by atoms with Crippen LogP contribution in [0.5, 0.6) is 0 Å². The van der Waals surface area contributed by atoms with Crippen molar-refractivity contribution in [2.24, 2.45) is 0 Å². The molecule has 6 nitrogen and oxygen atoms in total. The minimum absolute atomic E-state index is 0.0220. The highest BCUT2D eigenvalue weighted by Gasteiger charge is 2.32. The Kier molecular flexibility index (Phi) is 4.92. The van der Waals surface area contributed by atoms with Crippen LogP contribution in [0.4, 0.5) is 4.79 Å². The Hall–Kier alpha value is -2.11. The third kappa shape index (κ3) is 4.43. The minimum atomic E-state index is -0.516. The van der Waals surface area contributed by atoms with E-state index in [1.807, 2.05) is 34.6 Å². The van der Waals surface area contributed by atoms with Gasteiger partial charge < -0.3 is 14.5 Å². The quantitative estimate of drug-likeness (QED) is 0.798. The van der Waals surface area contributed by atoms with Crippen LogP contribution in [-0.2, 0) is 4.74 Å². The maximum absolute atomic E-state index is 12.6. The zero-order valence-corrected chi connectivity index (χ0v) is 14.5. The summed E-state index contributed by atoms with van der Waals surface area (Å²) in [7, 11) is 0. The van der Waals surface area contributed by atoms with Gasteiger partial charge >= 0.3 is 6.09 Å². The van der Waals surface area contributed by atoms with Gasteiger partial charge in [-0.25, -0.2) is 4.79 Å². The summed E-state index contributed by atoms with van der Waals surface area (Å²) in [6.07, 6.45) is 1.32. The first-order valence-electron chi connectivity index (χ1n) is 7.89. The summed E-state index contributed by atoms with van der Waals surface area (Å²) in [5.41, 5.74) is 0.935. The molecule has 0 aliphatic carbocycles. The van der Waals surface area contributed by atoms with Crippen molar-refractivity contribution in [1.82, 2.24) is 14.8 Å². The molecular formula is C17H25N3O3. The standard InChI is InChI=1S/C17H25N3O3/c1-12-10-14(6-7-18-12)15(21)19-8-9-20(13(2)11-19)16(22)23-17(3,4)5/h6-7,10,13H,8-9,11H2,1-5H3/t13-/m0/s1. The minimum Gasteiger partial charge on any atom is -0.444 e. The van der Waals surface area contributed by atoms with E-state index < -0.39 is 5.60 Å². The van der Waals surface area contributed by atoms with E-state index in [0.29, 0.717) is 25.2 Å². The highest BCUT2D eigenvalue weighted by molar-refractivity contribution is 5.94. The fourth-order valence-electron chi connectivity index (χ4n) is 2.60. The van der Waals surface area contributed by atoms with Crippen LogP contribution in [0.25, 0.3) is 0 Å². The first-order chi connectivity index (χ1) is 10.7. The number of amides is 2. The zero-order valence-electron chi connectivity index (χ0n) is 14.5. The van der Waals surface area contributed by atoms with Crippen LogP contribution in [0, 0.1) is 6.92 Å². The number of aryl methyl sites for hydroxylation is 1. The Morgan fingerprint density at radius 1 is 1.30 bits per heavy atom. The zero-order chi connectivity index (χ0) is 17.2. The van der Waals surface area contributed by atoms with Crippen LogP contribution < -0.4 is 0 Å². The summed E-state index contributed by atoms with van der Waals surface area (Å²) in [5, 5.41) is 0. The summed E-state index contributed by atoms with van der Waals surface area (Å²) in [5.74, 6) is -0.0220. The van der Waals surface area contributed by atoms with Gasteiger partial charge in [-0.2, -0.15) is 0 Å². The molecule has 0 unspecified atom stereocenters. The Morgan fingerprint density at radius 3 is 2.57 bits per heavy atom. The van der Waals surface area contributed by atoms with Gasteiger partial charge in [0.1, 0.15) is 5.60 Å². The first kappa shape index (κ1) is 17.2. The number of nitrogens with zero attached hydrogens (tertiary/aromatic N) is 3. The van der Waals surface area contributed by atoms with Gasteiger partial charge in [-0.05, 0) is 46.8 Å². The predicted molar refractivity (Wildman–Crippen MR) is 87.3 cm³/mol. The van der Waals surface area contributed by atoms with Crippen molar-refractivity contribution in [3.05, 3.63) is 29.6 Å². The Labute approximate surface area is 137 Å². The number of carbonyl (C=O) groups is 2. The van der Waals surface area contributed by atoms with E-state index in [0.717, 1.165) is 5.69 Å². The molecule has 0 N–H and O–H groups in total. The van der Waals surface area contributed by atoms with E-state index in [1.165, 1.54) is 0 Å². The van der Waals surface area contributed by atoms with E-state index in [-0.39, 0.29) is 18.0 Å². The molecule has 0 radical (unpaired) electrons. The summed E-state index contributed by atoms with van der Waals surface area (Å²) >= 11 is 0. The third-order valence-electron chi connectivity index (χ3n) is 3.69. The van der Waals surface area contributed by atoms with E-state index in [1.54, 1.807) is 28.1 Å². The van der Waals surface area contributed by atoms with Gasteiger partial charge in [0.05, 0.1) is 0 Å². The van der Waals surface area contributed by atoms with Crippen LogP contribution in [-0.4, -0.2) is 58.1 Å². The lowest BCUT2D eigenvalue weighted by Crippen LogP contribution is -2.56. The number of piperazine rings is 1. The van der Waals surface area contributed by atoms with Crippen molar-refractivity contribution in [3.63, 3.8) is 0 Å². The second-order valence-corrected chi connectivity index (χ2v) is 6.96. The van der Waals surface area contributed by atoms with Crippen LogP contribution >= 0.6 is 0 Å². The van der Waals surface area contributed by atoms with E-state index >= 15 is 0 Å². The second kappa shape index (κ2) is 6.56. The number of hydrogen-bond donors (Lipinski definition) is 0. The molecule has 0 aromatic carbocycles. The number of rotatable bonds is 1. The van der Waals surface area contributed by atoms with Gasteiger partial charge in [0.15, 0.2) is 0 Å². The Balaban J connectivity index is 2.01. The molecule has 1 fully saturated rings. The van der Waals surface area contributed by atoms with E-state index in [2.05, 4.69) is 4.98 Å². The molecule has 0 saturated carbocycles. The first-order valence-corrected chi connectivity index (χ1v) is 7.89. The monoisotopic (exact) mass is 319 g/mol. The summed E-state index contributed by atoms with van der Waals surface area (Å²) < 4.78 is 5.42. The average molecular weight is 319 g/mol. The lowest BCUT2D eigenvalue weighted by atomic mass is 10.1. The van der Waals surface area contributed by atoms with Crippen molar-refractivity contribution in [2.75, 3.05) is 19.6 Å². The molecule has 23 heavy (non-hydrogen) atoms. The van der Waals surface area contributed by atoms with Gasteiger partial charge in [-0.15, -0.1) is 0 Å². The van der Waals surface area contributed by atoms with E-state index in [9.17, 15) is 9.59 Å². The topological polar surface area (TPSA) is 62.7 Å². The third-order valence-corrected chi connectivity index (χ3v) is 3.69. The summed E-state index contributed by atoms with van der Waals surface area (Å²) in [6, 6.07) is 3.43. The van der Waals surface area contributed by atoms with Gasteiger partial charge in [0.25, 0.3) is 5.91 Å². The lowest BCUT2D eigenvalue weighted by Gasteiger charge is -2.40. The second-order valence-electron chi connectivity index (χ2n) is 6.96. The maximum atomic E-state index is 12.6. The molecule has 2 rings (SSSR count). The highest BCUT2D eigenvalue weighted by atomic mass is 16.6. The molecule has 2 amide bonds. The molecule has 1 atom stereocenters. The molecule has 0 spiro atoms. The predicted octanol–water partition coefficient (Wildman–Crippen LogP) is 2.47. The number of carbonyl (C=O) groups excluding carboxylic acids is 2. The Morgan fingerprint density at radius 2 is 2.00 bits per heavy atom. The number of ether oxygens (including phenoxy) is 1. The number of hydrogen-bond acceptors (Lipinski definition) is 4. The van der Waals surface area contributed by atoms with Crippen LogP contribution in [0.1, 0.15) is 43.7 Å². The molecule has 6 heteroatoms. The maximum Gasteiger partial charge on any atom is 0.410 e. The van der Waals surface area contributed by atoms with Crippen molar-refractivity contribution in [1.29, 1.82) is 0 Å². The van der Waals surface area contributed by atoms with Crippen LogP contribution in [0.15, 0.2) is 18.3 Å². The van der Waals surface area contributed by atoms with Gasteiger partial charge in [0.2, 0.25) is 0 Å². The Bertz CT molecular complexity index is 595. The van der Waals surface area contributed by atoms with Gasteiger partial charge in [0, 0.05) is 43.1 Å². The largest absolute Gasteiger partial charge is 0.444 e.